The number of carbonyl (C=O) groups is 4. The van der Waals surface area contributed by atoms with E-state index >= 15 is 0 Å². The molecular formula is C26H24N2O4. The van der Waals surface area contributed by atoms with E-state index in [0.717, 1.165) is 24.0 Å². The van der Waals surface area contributed by atoms with E-state index in [1.807, 2.05) is 24.3 Å². The molecule has 32 heavy (non-hydrogen) atoms. The van der Waals surface area contributed by atoms with Crippen LogP contribution in [0, 0.1) is 47.3 Å². The first kappa shape index (κ1) is 18.5. The number of benzene rings is 1. The predicted octanol–water partition coefficient (Wildman–Crippen LogP) is 2.30. The van der Waals surface area contributed by atoms with Gasteiger partial charge in [-0.25, -0.2) is 0 Å². The van der Waals surface area contributed by atoms with Gasteiger partial charge in [0.15, 0.2) is 0 Å². The van der Waals surface area contributed by atoms with Crippen LogP contribution in [-0.4, -0.2) is 33.4 Å². The van der Waals surface area contributed by atoms with Crippen LogP contribution < -0.4 is 0 Å². The quantitative estimate of drug-likeness (QED) is 0.545. The minimum absolute atomic E-state index is 0.0380. The third-order valence-corrected chi connectivity index (χ3v) is 8.83. The molecule has 2 saturated carbocycles. The number of nitrogens with zero attached hydrogens (tertiary/aromatic N) is 2. The molecule has 4 bridgehead atoms. The Labute approximate surface area is 185 Å². The monoisotopic (exact) mass is 428 g/mol. The van der Waals surface area contributed by atoms with Gasteiger partial charge in [0.05, 0.1) is 36.8 Å². The van der Waals surface area contributed by atoms with Gasteiger partial charge in [0.2, 0.25) is 23.6 Å². The van der Waals surface area contributed by atoms with E-state index in [-0.39, 0.29) is 84.1 Å². The average Bonchev–Trinajstić information content (AvgIpc) is 3.62. The van der Waals surface area contributed by atoms with Crippen LogP contribution in [0.25, 0.3) is 0 Å². The van der Waals surface area contributed by atoms with Gasteiger partial charge < -0.3 is 0 Å². The van der Waals surface area contributed by atoms with Gasteiger partial charge in [-0.2, -0.15) is 0 Å². The molecule has 1 aromatic rings. The predicted molar refractivity (Wildman–Crippen MR) is 113 cm³/mol. The van der Waals surface area contributed by atoms with Crippen LogP contribution in [-0.2, 0) is 32.3 Å². The van der Waals surface area contributed by atoms with Gasteiger partial charge in [0, 0.05) is 0 Å². The maximum atomic E-state index is 12.9. The molecule has 6 nitrogen and oxygen atoms in total. The number of amides is 4. The topological polar surface area (TPSA) is 74.8 Å². The van der Waals surface area contributed by atoms with Crippen LogP contribution in [0.15, 0.2) is 48.6 Å². The van der Waals surface area contributed by atoms with Crippen LogP contribution >= 0.6 is 0 Å². The third-order valence-electron chi connectivity index (χ3n) is 8.83. The van der Waals surface area contributed by atoms with E-state index in [0.29, 0.717) is 0 Å². The van der Waals surface area contributed by atoms with Crippen molar-refractivity contribution in [2.75, 3.05) is 0 Å². The van der Waals surface area contributed by atoms with Crippen LogP contribution in [0.5, 0.6) is 0 Å². The van der Waals surface area contributed by atoms with Gasteiger partial charge >= 0.3 is 0 Å². The Morgan fingerprint density at radius 1 is 0.531 bits per heavy atom. The van der Waals surface area contributed by atoms with Crippen molar-refractivity contribution in [3.63, 3.8) is 0 Å². The average molecular weight is 428 g/mol. The molecule has 0 N–H and O–H groups in total. The van der Waals surface area contributed by atoms with E-state index in [1.165, 1.54) is 9.80 Å². The van der Waals surface area contributed by atoms with Crippen molar-refractivity contribution in [3.05, 3.63) is 59.7 Å². The van der Waals surface area contributed by atoms with Crippen LogP contribution in [0.2, 0.25) is 0 Å². The summed E-state index contributed by atoms with van der Waals surface area (Å²) in [6.07, 6.45) is 10.3. The number of likely N-dealkylation sites (tertiary alicyclic amines) is 2. The lowest BCUT2D eigenvalue weighted by Gasteiger charge is -2.19. The van der Waals surface area contributed by atoms with Gasteiger partial charge in [0.25, 0.3) is 0 Å². The fourth-order valence-electron chi connectivity index (χ4n) is 7.36. The van der Waals surface area contributed by atoms with Gasteiger partial charge in [-0.15, -0.1) is 0 Å². The van der Waals surface area contributed by atoms with Crippen LogP contribution in [0.3, 0.4) is 0 Å². The van der Waals surface area contributed by atoms with Crippen molar-refractivity contribution in [2.24, 2.45) is 47.3 Å². The molecule has 1 aromatic carbocycles. The summed E-state index contributed by atoms with van der Waals surface area (Å²) >= 11 is 0. The Morgan fingerprint density at radius 3 is 1.09 bits per heavy atom. The lowest BCUT2D eigenvalue weighted by atomic mass is 9.85. The number of hydrogen-bond donors (Lipinski definition) is 0. The highest BCUT2D eigenvalue weighted by atomic mass is 16.2. The lowest BCUT2D eigenvalue weighted by Crippen LogP contribution is -2.33. The Balaban J connectivity index is 1.05. The van der Waals surface area contributed by atoms with Gasteiger partial charge in [0.1, 0.15) is 0 Å². The minimum atomic E-state index is -0.173. The van der Waals surface area contributed by atoms with Crippen molar-refractivity contribution in [1.29, 1.82) is 0 Å². The first-order chi connectivity index (χ1) is 15.5. The molecule has 8 atom stereocenters. The van der Waals surface area contributed by atoms with Crippen molar-refractivity contribution in [3.8, 4) is 0 Å². The van der Waals surface area contributed by atoms with E-state index in [4.69, 9.17) is 0 Å². The molecule has 162 valence electrons. The zero-order chi connectivity index (χ0) is 21.7. The molecule has 4 aliphatic carbocycles. The first-order valence-corrected chi connectivity index (χ1v) is 11.7. The number of carbonyl (C=O) groups excluding carboxylic acids is 4. The Hall–Kier alpha value is -3.02. The van der Waals surface area contributed by atoms with Crippen molar-refractivity contribution < 1.29 is 19.2 Å². The summed E-state index contributed by atoms with van der Waals surface area (Å²) in [6.45, 7) is 0.566. The maximum Gasteiger partial charge on any atom is 0.234 e. The summed E-state index contributed by atoms with van der Waals surface area (Å²) < 4.78 is 0. The van der Waals surface area contributed by atoms with E-state index < -0.39 is 0 Å². The number of rotatable bonds is 4. The summed E-state index contributed by atoms with van der Waals surface area (Å²) in [5.74, 6) is 0.0239. The molecule has 6 heteroatoms. The molecule has 0 aromatic heterocycles. The summed E-state index contributed by atoms with van der Waals surface area (Å²) in [4.78, 5) is 54.4. The zero-order valence-corrected chi connectivity index (χ0v) is 17.6. The van der Waals surface area contributed by atoms with Gasteiger partial charge in [-0.1, -0.05) is 48.6 Å². The van der Waals surface area contributed by atoms with Gasteiger partial charge in [-0.05, 0) is 47.6 Å². The normalized spacial score (nSPS) is 40.4. The Bertz CT molecular complexity index is 986. The molecule has 2 saturated heterocycles. The summed E-state index contributed by atoms with van der Waals surface area (Å²) in [5.41, 5.74) is 1.77. The molecule has 0 radical (unpaired) electrons. The molecule has 7 rings (SSSR count). The lowest BCUT2D eigenvalue weighted by molar-refractivity contribution is -0.143. The second-order valence-corrected chi connectivity index (χ2v) is 10.3. The highest BCUT2D eigenvalue weighted by Gasteiger charge is 2.60. The fourth-order valence-corrected chi connectivity index (χ4v) is 7.36. The van der Waals surface area contributed by atoms with Gasteiger partial charge in [-0.3, -0.25) is 29.0 Å². The van der Waals surface area contributed by atoms with E-state index in [1.54, 1.807) is 0 Å². The highest BCUT2D eigenvalue weighted by molar-refractivity contribution is 6.07. The SMILES string of the molecule is O=C1[C@@H]2[C@H](C(=O)N1Cc1ccc(CN3C(=O)[C@@H]4[C@H](C3=O)[C@@H]3C=C[C@H]4C3)cc1)[C@@H]1C=C[C@H]2C1. The maximum absolute atomic E-state index is 12.9. The van der Waals surface area contributed by atoms with Crippen LogP contribution in [0.4, 0.5) is 0 Å². The summed E-state index contributed by atoms with van der Waals surface area (Å²) in [5, 5.41) is 0. The first-order valence-electron chi connectivity index (χ1n) is 11.7. The smallest absolute Gasteiger partial charge is 0.234 e. The number of fused-ring (bicyclic) bond motifs is 10. The second-order valence-electron chi connectivity index (χ2n) is 10.3. The molecule has 0 spiro atoms. The number of allylic oxidation sites excluding steroid dienone is 4. The Kier molecular flexibility index (Phi) is 3.63. The largest absolute Gasteiger partial charge is 0.278 e. The molecule has 6 aliphatic rings. The number of hydrogen-bond acceptors (Lipinski definition) is 4. The van der Waals surface area contributed by atoms with Crippen molar-refractivity contribution in [2.45, 2.75) is 25.9 Å². The zero-order valence-electron chi connectivity index (χ0n) is 17.6. The fraction of sp³-hybridized carbons (Fsp3) is 0.462. The summed E-state index contributed by atoms with van der Waals surface area (Å²) in [6, 6.07) is 7.59. The van der Waals surface area contributed by atoms with E-state index in [9.17, 15) is 19.2 Å². The molecule has 4 amide bonds. The number of imide groups is 2. The van der Waals surface area contributed by atoms with E-state index in [2.05, 4.69) is 24.3 Å². The molecule has 2 aliphatic heterocycles. The standard InChI is InChI=1S/C26H24N2O4/c29-23-19-15-5-6-16(9-15)20(19)24(30)27(23)11-13-1-2-14(4-3-13)12-28-25(31)21-17-7-8-18(10-17)22(21)26(28)32/h1-8,15-22H,9-12H2/t15-,16+,17-,18+,19-,20+,21-,22+. The molecule has 0 unspecified atom stereocenters. The minimum Gasteiger partial charge on any atom is -0.278 e. The highest BCUT2D eigenvalue weighted by Crippen LogP contribution is 2.53. The molecule has 4 fully saturated rings. The third kappa shape index (κ3) is 2.30. The Morgan fingerprint density at radius 2 is 0.812 bits per heavy atom. The molecular weight excluding hydrogens is 404 g/mol. The van der Waals surface area contributed by atoms with Crippen LogP contribution in [0.1, 0.15) is 24.0 Å². The summed E-state index contributed by atoms with van der Waals surface area (Å²) in [7, 11) is 0. The second kappa shape index (κ2) is 6.27. The van der Waals surface area contributed by atoms with Crippen molar-refractivity contribution in [1.82, 2.24) is 9.80 Å². The van der Waals surface area contributed by atoms with Crippen molar-refractivity contribution >= 4 is 23.6 Å². The molecule has 2 heterocycles.